The van der Waals surface area contributed by atoms with Gasteiger partial charge < -0.3 is 10.2 Å². The molecule has 0 radical (unpaired) electrons. The third-order valence-electron chi connectivity index (χ3n) is 4.94. The lowest BCUT2D eigenvalue weighted by Crippen LogP contribution is -2.37. The number of nitrogens with zero attached hydrogens (tertiary/aromatic N) is 1. The van der Waals surface area contributed by atoms with Crippen LogP contribution >= 0.6 is 0 Å². The van der Waals surface area contributed by atoms with Crippen molar-refractivity contribution < 1.29 is 0 Å². The van der Waals surface area contributed by atoms with Crippen LogP contribution in [0.25, 0.3) is 0 Å². The van der Waals surface area contributed by atoms with E-state index in [0.29, 0.717) is 6.04 Å². The number of hydrogen-bond acceptors (Lipinski definition) is 2. The van der Waals surface area contributed by atoms with Gasteiger partial charge in [-0.15, -0.1) is 0 Å². The highest BCUT2D eigenvalue weighted by Gasteiger charge is 2.23. The van der Waals surface area contributed by atoms with Crippen molar-refractivity contribution >= 4 is 0 Å². The third-order valence-corrected chi connectivity index (χ3v) is 4.94. The van der Waals surface area contributed by atoms with Crippen LogP contribution in [0.1, 0.15) is 43.4 Å². The molecule has 0 bridgehead atoms. The Morgan fingerprint density at radius 1 is 1.16 bits per heavy atom. The van der Waals surface area contributed by atoms with Gasteiger partial charge in [0.15, 0.2) is 0 Å². The Morgan fingerprint density at radius 2 is 1.95 bits per heavy atom. The first-order chi connectivity index (χ1) is 9.36. The van der Waals surface area contributed by atoms with E-state index in [4.69, 9.17) is 0 Å². The van der Waals surface area contributed by atoms with Gasteiger partial charge >= 0.3 is 0 Å². The topological polar surface area (TPSA) is 15.3 Å². The second kappa shape index (κ2) is 6.06. The van der Waals surface area contributed by atoms with Gasteiger partial charge in [0.05, 0.1) is 0 Å². The van der Waals surface area contributed by atoms with Crippen LogP contribution in [-0.2, 0) is 6.42 Å². The average Bonchev–Trinajstić information content (AvgIpc) is 2.89. The normalized spacial score (nSPS) is 24.6. The lowest BCUT2D eigenvalue weighted by Gasteiger charge is -2.31. The van der Waals surface area contributed by atoms with Gasteiger partial charge in [-0.3, -0.25) is 0 Å². The molecule has 1 aliphatic carbocycles. The van der Waals surface area contributed by atoms with E-state index < -0.39 is 0 Å². The minimum absolute atomic E-state index is 0.611. The van der Waals surface area contributed by atoms with Crippen LogP contribution in [0, 0.1) is 5.92 Å². The van der Waals surface area contributed by atoms with E-state index in [1.165, 1.54) is 51.9 Å². The number of likely N-dealkylation sites (tertiary alicyclic amines) is 1. The van der Waals surface area contributed by atoms with Crippen molar-refractivity contribution in [2.45, 2.75) is 38.6 Å². The molecule has 0 amide bonds. The summed E-state index contributed by atoms with van der Waals surface area (Å²) in [4.78, 5) is 2.57. The summed E-state index contributed by atoms with van der Waals surface area (Å²) in [5.74, 6) is 0.885. The van der Waals surface area contributed by atoms with E-state index in [-0.39, 0.29) is 0 Å². The van der Waals surface area contributed by atoms with Gasteiger partial charge in [0, 0.05) is 6.04 Å². The molecule has 1 atom stereocenters. The molecule has 1 heterocycles. The first-order valence-corrected chi connectivity index (χ1v) is 7.90. The lowest BCUT2D eigenvalue weighted by molar-refractivity contribution is 0.187. The number of fused-ring (bicyclic) bond motifs is 1. The predicted molar refractivity (Wildman–Crippen MR) is 80.3 cm³/mol. The van der Waals surface area contributed by atoms with Gasteiger partial charge in [0.2, 0.25) is 0 Å². The van der Waals surface area contributed by atoms with Crippen molar-refractivity contribution in [2.75, 3.05) is 26.2 Å². The Morgan fingerprint density at radius 3 is 2.74 bits per heavy atom. The molecule has 0 spiro atoms. The highest BCUT2D eigenvalue weighted by Crippen LogP contribution is 2.31. The largest absolute Gasteiger partial charge is 0.310 e. The molecular formula is C17H26N2. The standard InChI is InChI=1S/C17H26N2/c1-2-19-11-9-14(10-12-19)13-18-17-8-7-15-5-3-4-6-16(15)17/h3-6,14,17-18H,2,7-13H2,1H3. The molecule has 19 heavy (non-hydrogen) atoms. The summed E-state index contributed by atoms with van der Waals surface area (Å²) in [6, 6.07) is 9.55. The first-order valence-electron chi connectivity index (χ1n) is 7.90. The van der Waals surface area contributed by atoms with Gasteiger partial charge in [-0.05, 0) is 68.9 Å². The number of nitrogens with one attached hydrogen (secondary N) is 1. The molecule has 1 unspecified atom stereocenters. The molecule has 1 N–H and O–H groups in total. The number of piperidine rings is 1. The summed E-state index contributed by atoms with van der Waals surface area (Å²) >= 11 is 0. The maximum Gasteiger partial charge on any atom is 0.0326 e. The third kappa shape index (κ3) is 3.01. The van der Waals surface area contributed by atoms with E-state index in [1.54, 1.807) is 11.1 Å². The smallest absolute Gasteiger partial charge is 0.0326 e. The fraction of sp³-hybridized carbons (Fsp3) is 0.647. The SMILES string of the molecule is CCN1CCC(CNC2CCc3ccccc32)CC1. The van der Waals surface area contributed by atoms with Crippen LogP contribution < -0.4 is 5.32 Å². The molecule has 104 valence electrons. The first kappa shape index (κ1) is 13.1. The summed E-state index contributed by atoms with van der Waals surface area (Å²) in [5, 5.41) is 3.82. The van der Waals surface area contributed by atoms with Crippen molar-refractivity contribution in [3.05, 3.63) is 35.4 Å². The fourth-order valence-electron chi connectivity index (χ4n) is 3.58. The zero-order valence-electron chi connectivity index (χ0n) is 12.1. The number of hydrogen-bond donors (Lipinski definition) is 1. The molecule has 3 rings (SSSR count). The number of rotatable bonds is 4. The second-order valence-corrected chi connectivity index (χ2v) is 6.08. The van der Waals surface area contributed by atoms with Crippen LogP contribution in [0.3, 0.4) is 0 Å². The summed E-state index contributed by atoms with van der Waals surface area (Å²) < 4.78 is 0. The number of aryl methyl sites for hydroxylation is 1. The predicted octanol–water partition coefficient (Wildman–Crippen LogP) is 3.00. The Balaban J connectivity index is 1.49. The van der Waals surface area contributed by atoms with Crippen molar-refractivity contribution in [2.24, 2.45) is 5.92 Å². The molecule has 2 heteroatoms. The van der Waals surface area contributed by atoms with E-state index in [1.807, 2.05) is 0 Å². The van der Waals surface area contributed by atoms with E-state index in [9.17, 15) is 0 Å². The molecule has 1 aliphatic heterocycles. The van der Waals surface area contributed by atoms with Crippen molar-refractivity contribution in [3.8, 4) is 0 Å². The molecule has 1 aromatic carbocycles. The monoisotopic (exact) mass is 258 g/mol. The Labute approximate surface area is 117 Å². The zero-order valence-corrected chi connectivity index (χ0v) is 12.1. The molecule has 1 aromatic rings. The van der Waals surface area contributed by atoms with E-state index >= 15 is 0 Å². The minimum Gasteiger partial charge on any atom is -0.310 e. The van der Waals surface area contributed by atoms with Crippen LogP contribution in [0.5, 0.6) is 0 Å². The molecule has 1 saturated heterocycles. The van der Waals surface area contributed by atoms with Gasteiger partial charge in [-0.1, -0.05) is 31.2 Å². The van der Waals surface area contributed by atoms with Crippen LogP contribution in [0.15, 0.2) is 24.3 Å². The average molecular weight is 258 g/mol. The molecule has 1 fully saturated rings. The van der Waals surface area contributed by atoms with Crippen molar-refractivity contribution in [1.82, 2.24) is 10.2 Å². The van der Waals surface area contributed by atoms with Crippen LogP contribution in [0.4, 0.5) is 0 Å². The zero-order chi connectivity index (χ0) is 13.1. The van der Waals surface area contributed by atoms with Gasteiger partial charge in [-0.2, -0.15) is 0 Å². The minimum atomic E-state index is 0.611. The Bertz CT molecular complexity index is 407. The molecular weight excluding hydrogens is 232 g/mol. The van der Waals surface area contributed by atoms with Gasteiger partial charge in [0.25, 0.3) is 0 Å². The molecule has 0 aromatic heterocycles. The number of benzene rings is 1. The van der Waals surface area contributed by atoms with Crippen molar-refractivity contribution in [3.63, 3.8) is 0 Å². The highest BCUT2D eigenvalue weighted by atomic mass is 15.1. The van der Waals surface area contributed by atoms with Crippen LogP contribution in [-0.4, -0.2) is 31.1 Å². The molecule has 0 saturated carbocycles. The Hall–Kier alpha value is -0.860. The summed E-state index contributed by atoms with van der Waals surface area (Å²) in [6.07, 6.45) is 5.28. The van der Waals surface area contributed by atoms with E-state index in [0.717, 1.165) is 5.92 Å². The maximum absolute atomic E-state index is 3.82. The second-order valence-electron chi connectivity index (χ2n) is 6.08. The van der Waals surface area contributed by atoms with E-state index in [2.05, 4.69) is 41.4 Å². The summed E-state index contributed by atoms with van der Waals surface area (Å²) in [5.41, 5.74) is 3.11. The quantitative estimate of drug-likeness (QED) is 0.893. The van der Waals surface area contributed by atoms with Gasteiger partial charge in [-0.25, -0.2) is 0 Å². The van der Waals surface area contributed by atoms with Crippen molar-refractivity contribution in [1.29, 1.82) is 0 Å². The summed E-state index contributed by atoms with van der Waals surface area (Å²) in [6.45, 7) is 7.29. The molecule has 2 nitrogen and oxygen atoms in total. The maximum atomic E-state index is 3.82. The lowest BCUT2D eigenvalue weighted by atomic mass is 9.96. The fourth-order valence-corrected chi connectivity index (χ4v) is 3.58. The summed E-state index contributed by atoms with van der Waals surface area (Å²) in [7, 11) is 0. The van der Waals surface area contributed by atoms with Gasteiger partial charge in [0.1, 0.15) is 0 Å². The highest BCUT2D eigenvalue weighted by molar-refractivity contribution is 5.34. The Kier molecular flexibility index (Phi) is 4.19. The van der Waals surface area contributed by atoms with Crippen LogP contribution in [0.2, 0.25) is 0 Å². The molecule has 2 aliphatic rings.